The van der Waals surface area contributed by atoms with Gasteiger partial charge in [-0.1, -0.05) is 54.6 Å². The van der Waals surface area contributed by atoms with Gasteiger partial charge in [-0.05, 0) is 94.3 Å². The van der Waals surface area contributed by atoms with Crippen molar-refractivity contribution >= 4 is 38.2 Å². The fraction of sp³-hybridized carbons (Fsp3) is 0.541. The van der Waals surface area contributed by atoms with Gasteiger partial charge in [-0.2, -0.15) is 5.26 Å². The number of rotatable bonds is 32. The van der Waals surface area contributed by atoms with Crippen LogP contribution < -0.4 is 31.4 Å². The number of nitrogens with one attached hydrogen (secondary N) is 3. The highest BCUT2D eigenvalue weighted by molar-refractivity contribution is 7.44. The molecule has 3 N–H and O–H groups in total. The number of hydrogen-bond acceptors (Lipinski definition) is 20. The zero-order chi connectivity index (χ0) is 62.5. The predicted octanol–water partition coefficient (Wildman–Crippen LogP) is 6.48. The Kier molecular flexibility index (Phi) is 26.2. The van der Waals surface area contributed by atoms with Gasteiger partial charge in [0.05, 0.1) is 39.9 Å². The number of nitrogens with zero attached hydrogens (tertiary/aromatic N) is 3. The van der Waals surface area contributed by atoms with Crippen LogP contribution in [0.4, 0.5) is 0 Å². The first kappa shape index (κ1) is 68.0. The maximum absolute atomic E-state index is 13.9. The number of nitriles is 1. The Labute approximate surface area is 502 Å². The molecule has 0 spiro atoms. The molecule has 2 saturated heterocycles. The van der Waals surface area contributed by atoms with Crippen molar-refractivity contribution in [2.45, 2.75) is 161 Å². The highest BCUT2D eigenvalue weighted by Gasteiger charge is 2.53. The molecule has 2 aliphatic heterocycles. The van der Waals surface area contributed by atoms with Crippen molar-refractivity contribution in [2.75, 3.05) is 47.2 Å². The summed E-state index contributed by atoms with van der Waals surface area (Å²) >= 11 is 0. The van der Waals surface area contributed by atoms with Crippen molar-refractivity contribution in [1.29, 1.82) is 5.26 Å². The maximum Gasteiger partial charge on any atom is 0.330 e. The average Bonchev–Trinajstić information content (AvgIpc) is 1.50. The van der Waals surface area contributed by atoms with Crippen LogP contribution in [0.15, 0.2) is 101 Å². The first-order valence-corrected chi connectivity index (χ1v) is 29.8. The van der Waals surface area contributed by atoms with E-state index in [-0.39, 0.29) is 63.8 Å². The minimum absolute atomic E-state index is 0.0132. The highest BCUT2D eigenvalue weighted by Crippen LogP contribution is 2.53. The number of ether oxygens (including phenoxy) is 9. The SMILES string of the molecule is COc1ccc(C(OC[C@H]2O[C@@H](n3ccc(=O)[nH]c3=O)[C@H](CCCNC(=O)CCCCOC3OC(COC(C)=O)C(OC(C)=O)C(OC(C)=O)C3NC(C)=O)[C@@H]2OP(OCCC#N)N(C(C)C)C(C)C)(c2ccccc2)c2ccc(OC)cc2)cc1. The number of unbranched alkanes of at least 4 members (excludes halogenated alkanes) is 1. The molecule has 2 amide bonds. The molecule has 4 aromatic rings. The minimum atomic E-state index is -1.92. The monoisotopic (exact) mass is 1220 g/mol. The van der Waals surface area contributed by atoms with Crippen molar-refractivity contribution < 1.29 is 75.7 Å². The lowest BCUT2D eigenvalue weighted by Crippen LogP contribution is -2.66. The molecule has 2 fully saturated rings. The van der Waals surface area contributed by atoms with Crippen molar-refractivity contribution in [3.05, 3.63) is 129 Å². The number of carbonyl (C=O) groups is 5. The molecule has 3 aromatic carbocycles. The van der Waals surface area contributed by atoms with Crippen molar-refractivity contribution in [1.82, 2.24) is 24.9 Å². The van der Waals surface area contributed by atoms with Crippen LogP contribution in [0.2, 0.25) is 0 Å². The fourth-order valence-electron chi connectivity index (χ4n) is 10.6. The largest absolute Gasteiger partial charge is 0.497 e. The Morgan fingerprint density at radius 1 is 0.744 bits per heavy atom. The van der Waals surface area contributed by atoms with E-state index in [2.05, 4.69) is 26.4 Å². The van der Waals surface area contributed by atoms with E-state index in [4.69, 9.17) is 51.7 Å². The Balaban J connectivity index is 1.26. The van der Waals surface area contributed by atoms with E-state index in [0.29, 0.717) is 37.2 Å². The standard InChI is InChI=1S/C61H81N6O18P/c1-38(2)67(39(3)4)86(80-35-17-31-62)85-55-49(20-16-32-63-52(72)21-14-15-34-77-59-54(64-40(5)68)57(82-43(8)71)56(81-42(7)70)50(84-59)36-78-41(6)69)58(66-33-30-53(73)65-60(66)74)83-51(55)37-79-61(44-18-12-11-13-19-44,45-22-26-47(75-9)27-23-45)46-24-28-48(76-10)29-25-46/h11-13,18-19,22-30,33,38-39,49-51,54-59H,14-17,20-21,32,34-37H2,1-10H3,(H,63,72)(H,64,68)(H,65,73,74)/t49-,50?,51-,54?,55+,56?,57?,58-,59?,86?/m1/s1. The number of methoxy groups -OCH3 is 2. The smallest absolute Gasteiger partial charge is 0.330 e. The van der Waals surface area contributed by atoms with E-state index in [9.17, 15) is 38.8 Å². The van der Waals surface area contributed by atoms with Crippen molar-refractivity contribution in [3.8, 4) is 17.6 Å². The van der Waals surface area contributed by atoms with E-state index in [1.165, 1.54) is 30.7 Å². The number of carbonyl (C=O) groups excluding carboxylic acids is 5. The minimum Gasteiger partial charge on any atom is -0.497 e. The molecule has 0 aliphatic carbocycles. The second-order valence-corrected chi connectivity index (χ2v) is 22.6. The number of aromatic nitrogens is 2. The molecule has 3 heterocycles. The molecule has 25 heteroatoms. The lowest BCUT2D eigenvalue weighted by atomic mass is 9.80. The van der Waals surface area contributed by atoms with Crippen LogP contribution in [0.5, 0.6) is 11.5 Å². The second kappa shape index (κ2) is 33.2. The zero-order valence-corrected chi connectivity index (χ0v) is 51.3. The van der Waals surface area contributed by atoms with Gasteiger partial charge in [0.15, 0.2) is 18.5 Å². The van der Waals surface area contributed by atoms with E-state index in [1.54, 1.807) is 14.2 Å². The van der Waals surface area contributed by atoms with E-state index >= 15 is 0 Å². The number of amides is 2. The summed E-state index contributed by atoms with van der Waals surface area (Å²) in [6.07, 6.45) is -4.83. The summed E-state index contributed by atoms with van der Waals surface area (Å²) in [4.78, 5) is 91.0. The van der Waals surface area contributed by atoms with Crippen LogP contribution in [-0.2, 0) is 71.8 Å². The third kappa shape index (κ3) is 18.5. The third-order valence-electron chi connectivity index (χ3n) is 14.3. The summed E-state index contributed by atoms with van der Waals surface area (Å²) in [7, 11) is 1.27. The van der Waals surface area contributed by atoms with Crippen molar-refractivity contribution in [2.24, 2.45) is 5.92 Å². The summed E-state index contributed by atoms with van der Waals surface area (Å²) in [6, 6.07) is 27.0. The van der Waals surface area contributed by atoms with Gasteiger partial charge in [-0.15, -0.1) is 0 Å². The number of esters is 3. The molecular formula is C61H81N6O18P. The summed E-state index contributed by atoms with van der Waals surface area (Å²) in [5.74, 6) is -2.28. The normalized spacial score (nSPS) is 21.5. The molecule has 6 unspecified atom stereocenters. The summed E-state index contributed by atoms with van der Waals surface area (Å²) in [6.45, 7) is 12.6. The van der Waals surface area contributed by atoms with Gasteiger partial charge in [0, 0.05) is 77.5 Å². The first-order valence-electron chi connectivity index (χ1n) is 28.7. The van der Waals surface area contributed by atoms with Crippen LogP contribution >= 0.6 is 8.53 Å². The summed E-state index contributed by atoms with van der Waals surface area (Å²) in [5.41, 5.74) is -0.292. The van der Waals surface area contributed by atoms with E-state index in [0.717, 1.165) is 30.5 Å². The van der Waals surface area contributed by atoms with Gasteiger partial charge < -0.3 is 62.3 Å². The van der Waals surface area contributed by atoms with Gasteiger partial charge in [0.25, 0.3) is 14.1 Å². The van der Waals surface area contributed by atoms with E-state index in [1.807, 2.05) is 107 Å². The molecule has 0 saturated carbocycles. The van der Waals surface area contributed by atoms with Crippen LogP contribution in [0.25, 0.3) is 0 Å². The van der Waals surface area contributed by atoms with Crippen LogP contribution in [0.3, 0.4) is 0 Å². The summed E-state index contributed by atoms with van der Waals surface area (Å²) < 4.78 is 71.2. The van der Waals surface area contributed by atoms with Gasteiger partial charge >= 0.3 is 23.6 Å². The van der Waals surface area contributed by atoms with Crippen LogP contribution in [-0.4, -0.2) is 146 Å². The topological polar surface area (TPSA) is 293 Å². The highest BCUT2D eigenvalue weighted by atomic mass is 31.2. The molecule has 0 radical (unpaired) electrons. The zero-order valence-electron chi connectivity index (χ0n) is 50.4. The lowest BCUT2D eigenvalue weighted by molar-refractivity contribution is -0.277. The summed E-state index contributed by atoms with van der Waals surface area (Å²) in [5, 5.41) is 15.3. The molecule has 468 valence electrons. The predicted molar refractivity (Wildman–Crippen MR) is 313 cm³/mol. The molecule has 6 rings (SSSR count). The van der Waals surface area contributed by atoms with Gasteiger partial charge in [0.2, 0.25) is 11.8 Å². The van der Waals surface area contributed by atoms with Gasteiger partial charge in [-0.3, -0.25) is 38.3 Å². The molecule has 1 aromatic heterocycles. The van der Waals surface area contributed by atoms with Crippen molar-refractivity contribution in [3.63, 3.8) is 0 Å². The lowest BCUT2D eigenvalue weighted by Gasteiger charge is -2.44. The van der Waals surface area contributed by atoms with Gasteiger partial charge in [-0.25, -0.2) is 9.46 Å². The average molecular weight is 1220 g/mol. The Morgan fingerprint density at radius 3 is 1.91 bits per heavy atom. The molecule has 0 bridgehead atoms. The van der Waals surface area contributed by atoms with Gasteiger partial charge in [0.1, 0.15) is 54.3 Å². The third-order valence-corrected chi connectivity index (χ3v) is 16.4. The number of benzene rings is 3. The maximum atomic E-state index is 13.9. The fourth-order valence-corrected chi connectivity index (χ4v) is 12.4. The molecule has 24 nitrogen and oxygen atoms in total. The van der Waals surface area contributed by atoms with Crippen LogP contribution in [0.1, 0.15) is 117 Å². The Morgan fingerprint density at radius 2 is 1.35 bits per heavy atom. The van der Waals surface area contributed by atoms with Crippen LogP contribution in [0, 0.1) is 17.2 Å². The Hall–Kier alpha value is -7.07. The molecular weight excluding hydrogens is 1140 g/mol. The molecule has 10 atom stereocenters. The molecule has 2 aliphatic rings. The first-order chi connectivity index (χ1) is 41.2. The number of hydrogen-bond donors (Lipinski definition) is 3. The molecule has 86 heavy (non-hydrogen) atoms. The van der Waals surface area contributed by atoms with E-state index < -0.39 is 104 Å². The number of aromatic amines is 1. The Bertz CT molecular complexity index is 2940. The second-order valence-electron chi connectivity index (χ2n) is 21.2. The quantitative estimate of drug-likeness (QED) is 0.0155. The number of H-pyrrole nitrogens is 1.